The molecule has 2 aromatic rings. The van der Waals surface area contributed by atoms with Crippen LogP contribution in [0.5, 0.6) is 17.2 Å². The van der Waals surface area contributed by atoms with Crippen molar-refractivity contribution in [2.45, 2.75) is 60.1 Å². The number of benzene rings is 2. The number of hydrogen-bond donors (Lipinski definition) is 2. The highest BCUT2D eigenvalue weighted by Gasteiger charge is 2.22. The first-order valence-corrected chi connectivity index (χ1v) is 11.9. The summed E-state index contributed by atoms with van der Waals surface area (Å²) in [7, 11) is 0. The van der Waals surface area contributed by atoms with Gasteiger partial charge in [0.1, 0.15) is 11.8 Å². The number of rotatable bonds is 13. The van der Waals surface area contributed by atoms with Crippen LogP contribution in [0.15, 0.2) is 47.6 Å². The van der Waals surface area contributed by atoms with Gasteiger partial charge in [-0.2, -0.15) is 5.10 Å². The number of ether oxygens (including phenoxy) is 3. The Balaban J connectivity index is 1.99. The fourth-order valence-corrected chi connectivity index (χ4v) is 3.27. The van der Waals surface area contributed by atoms with Crippen molar-refractivity contribution in [3.05, 3.63) is 53.6 Å². The van der Waals surface area contributed by atoms with Crippen molar-refractivity contribution in [3.8, 4) is 17.2 Å². The van der Waals surface area contributed by atoms with Gasteiger partial charge < -0.3 is 19.5 Å². The third-order valence-electron chi connectivity index (χ3n) is 4.83. The molecular formula is C27H37N3O5. The molecular weight excluding hydrogens is 446 g/mol. The zero-order valence-corrected chi connectivity index (χ0v) is 21.5. The fraction of sp³-hybridized carbons (Fsp3) is 0.444. The maximum atomic E-state index is 12.8. The molecule has 2 aromatic carbocycles. The van der Waals surface area contributed by atoms with Crippen LogP contribution in [0.1, 0.15) is 52.2 Å². The Morgan fingerprint density at radius 2 is 1.74 bits per heavy atom. The van der Waals surface area contributed by atoms with Crippen LogP contribution in [0.4, 0.5) is 0 Å². The van der Waals surface area contributed by atoms with Crippen LogP contribution in [0.2, 0.25) is 0 Å². The first-order chi connectivity index (χ1) is 16.7. The second-order valence-electron chi connectivity index (χ2n) is 8.84. The van der Waals surface area contributed by atoms with Crippen LogP contribution in [-0.4, -0.2) is 43.4 Å². The third kappa shape index (κ3) is 9.68. The Labute approximate surface area is 208 Å². The zero-order chi connectivity index (χ0) is 25.8. The average molecular weight is 484 g/mol. The molecule has 0 radical (unpaired) electrons. The van der Waals surface area contributed by atoms with Crippen LogP contribution in [-0.2, 0) is 9.59 Å². The number of hydrazone groups is 1. The molecule has 1 atom stereocenters. The van der Waals surface area contributed by atoms with Crippen molar-refractivity contribution in [2.24, 2.45) is 11.0 Å². The Hall–Kier alpha value is -3.55. The van der Waals surface area contributed by atoms with Crippen LogP contribution in [0.3, 0.4) is 0 Å². The molecule has 0 heterocycles. The number of hydrogen-bond acceptors (Lipinski definition) is 6. The summed E-state index contributed by atoms with van der Waals surface area (Å²) >= 11 is 0. The van der Waals surface area contributed by atoms with Gasteiger partial charge in [-0.1, -0.05) is 32.0 Å². The van der Waals surface area contributed by atoms with Crippen molar-refractivity contribution >= 4 is 18.0 Å². The van der Waals surface area contributed by atoms with Gasteiger partial charge in [-0.15, -0.1) is 0 Å². The van der Waals surface area contributed by atoms with Gasteiger partial charge in [-0.05, 0) is 75.4 Å². The van der Waals surface area contributed by atoms with Gasteiger partial charge in [0.25, 0.3) is 11.8 Å². The van der Waals surface area contributed by atoms with Gasteiger partial charge in [-0.3, -0.25) is 9.59 Å². The molecule has 2 rings (SSSR count). The molecule has 0 aliphatic rings. The van der Waals surface area contributed by atoms with Crippen LogP contribution in [0, 0.1) is 12.8 Å². The van der Waals surface area contributed by atoms with Crippen molar-refractivity contribution in [3.63, 3.8) is 0 Å². The minimum absolute atomic E-state index is 0.0169. The van der Waals surface area contributed by atoms with Gasteiger partial charge in [0.05, 0.1) is 18.9 Å². The van der Waals surface area contributed by atoms with E-state index in [9.17, 15) is 9.59 Å². The summed E-state index contributed by atoms with van der Waals surface area (Å²) < 4.78 is 17.0. The summed E-state index contributed by atoms with van der Waals surface area (Å²) in [4.78, 5) is 25.2. The van der Waals surface area contributed by atoms with Crippen molar-refractivity contribution < 1.29 is 23.8 Å². The summed E-state index contributed by atoms with van der Waals surface area (Å²) in [6.07, 6.45) is 2.01. The predicted octanol–water partition coefficient (Wildman–Crippen LogP) is 4.24. The molecule has 0 aromatic heterocycles. The number of para-hydroxylation sites is 1. The largest absolute Gasteiger partial charge is 0.490 e. The van der Waals surface area contributed by atoms with E-state index in [2.05, 4.69) is 15.8 Å². The number of aryl methyl sites for hydroxylation is 1. The lowest BCUT2D eigenvalue weighted by Gasteiger charge is -2.19. The molecule has 0 spiro atoms. The van der Waals surface area contributed by atoms with Crippen molar-refractivity contribution in [1.29, 1.82) is 0 Å². The van der Waals surface area contributed by atoms with E-state index in [-0.39, 0.29) is 24.5 Å². The van der Waals surface area contributed by atoms with Crippen LogP contribution in [0.25, 0.3) is 0 Å². The average Bonchev–Trinajstić information content (AvgIpc) is 2.79. The molecule has 35 heavy (non-hydrogen) atoms. The standard InChI is InChI=1S/C27H37N3O5/c1-7-33-25-15-21(12-13-24(25)35-19(4)5)16-28-30-27(32)22(14-18(2)3)29-26(31)17-34-23-11-9-8-10-20(23)6/h8-13,15-16,18-19,22H,7,14,17H2,1-6H3,(H,29,31)(H,30,32)/b28-16-/t22-/m1/s1. The van der Waals surface area contributed by atoms with Gasteiger partial charge in [0.2, 0.25) is 0 Å². The highest BCUT2D eigenvalue weighted by molar-refractivity contribution is 5.89. The van der Waals surface area contributed by atoms with E-state index < -0.39 is 11.9 Å². The lowest BCUT2D eigenvalue weighted by atomic mass is 10.0. The van der Waals surface area contributed by atoms with Crippen molar-refractivity contribution in [2.75, 3.05) is 13.2 Å². The van der Waals surface area contributed by atoms with Crippen LogP contribution >= 0.6 is 0 Å². The van der Waals surface area contributed by atoms with Crippen molar-refractivity contribution in [1.82, 2.24) is 10.7 Å². The first-order valence-electron chi connectivity index (χ1n) is 11.9. The van der Waals surface area contributed by atoms with E-state index in [0.29, 0.717) is 30.3 Å². The summed E-state index contributed by atoms with van der Waals surface area (Å²) in [5.41, 5.74) is 4.20. The van der Waals surface area contributed by atoms with Gasteiger partial charge in [0.15, 0.2) is 18.1 Å². The Morgan fingerprint density at radius 3 is 2.40 bits per heavy atom. The molecule has 190 valence electrons. The monoisotopic (exact) mass is 483 g/mol. The quantitative estimate of drug-likeness (QED) is 0.328. The van der Waals surface area contributed by atoms with E-state index in [0.717, 1.165) is 11.1 Å². The van der Waals surface area contributed by atoms with E-state index in [4.69, 9.17) is 14.2 Å². The molecule has 0 saturated carbocycles. The minimum Gasteiger partial charge on any atom is -0.490 e. The smallest absolute Gasteiger partial charge is 0.262 e. The molecule has 0 aliphatic carbocycles. The molecule has 0 unspecified atom stereocenters. The summed E-state index contributed by atoms with van der Waals surface area (Å²) in [6.45, 7) is 12.0. The highest BCUT2D eigenvalue weighted by atomic mass is 16.5. The number of nitrogens with zero attached hydrogens (tertiary/aromatic N) is 1. The molecule has 0 bridgehead atoms. The first kappa shape index (κ1) is 27.7. The van der Waals surface area contributed by atoms with Gasteiger partial charge in [-0.25, -0.2) is 5.43 Å². The number of carbonyl (C=O) groups excluding carboxylic acids is 2. The van der Waals surface area contributed by atoms with E-state index in [1.54, 1.807) is 12.1 Å². The Morgan fingerprint density at radius 1 is 1.00 bits per heavy atom. The van der Waals surface area contributed by atoms with Gasteiger partial charge in [0, 0.05) is 0 Å². The Bertz CT molecular complexity index is 1000. The number of nitrogens with one attached hydrogen (secondary N) is 2. The number of amides is 2. The lowest BCUT2D eigenvalue weighted by Crippen LogP contribution is -2.47. The summed E-state index contributed by atoms with van der Waals surface area (Å²) in [5.74, 6) is 1.30. The molecule has 8 nitrogen and oxygen atoms in total. The lowest BCUT2D eigenvalue weighted by molar-refractivity contribution is -0.130. The fourth-order valence-electron chi connectivity index (χ4n) is 3.27. The summed E-state index contributed by atoms with van der Waals surface area (Å²) in [5, 5.41) is 6.82. The molecule has 0 aliphatic heterocycles. The molecule has 2 N–H and O–H groups in total. The van der Waals surface area contributed by atoms with E-state index in [1.807, 2.05) is 71.9 Å². The van der Waals surface area contributed by atoms with Gasteiger partial charge >= 0.3 is 0 Å². The van der Waals surface area contributed by atoms with E-state index in [1.165, 1.54) is 6.21 Å². The second-order valence-corrected chi connectivity index (χ2v) is 8.84. The third-order valence-corrected chi connectivity index (χ3v) is 4.83. The van der Waals surface area contributed by atoms with E-state index >= 15 is 0 Å². The highest BCUT2D eigenvalue weighted by Crippen LogP contribution is 2.29. The topological polar surface area (TPSA) is 98.2 Å². The summed E-state index contributed by atoms with van der Waals surface area (Å²) in [6, 6.07) is 12.1. The molecule has 0 fully saturated rings. The predicted molar refractivity (Wildman–Crippen MR) is 137 cm³/mol. The zero-order valence-electron chi connectivity index (χ0n) is 21.5. The molecule has 0 saturated heterocycles. The maximum Gasteiger partial charge on any atom is 0.262 e. The molecule has 2 amide bonds. The number of carbonyl (C=O) groups is 2. The normalized spacial score (nSPS) is 12.0. The molecule has 8 heteroatoms. The SMILES string of the molecule is CCOc1cc(/C=N\NC(=O)[C@@H](CC(C)C)NC(=O)COc2ccccc2C)ccc1OC(C)C. The Kier molecular flexibility index (Phi) is 11.1. The minimum atomic E-state index is -0.735. The van der Waals surface area contributed by atoms with Crippen LogP contribution < -0.4 is 25.0 Å². The second kappa shape index (κ2) is 14.0. The maximum absolute atomic E-state index is 12.8.